The fraction of sp³-hybridized carbons (Fsp3) is 0.263. The van der Waals surface area contributed by atoms with Gasteiger partial charge < -0.3 is 9.88 Å². The molecular weight excluding hydrogens is 314 g/mol. The summed E-state index contributed by atoms with van der Waals surface area (Å²) >= 11 is 0. The number of hydrogen-bond donors (Lipinski definition) is 1. The van der Waals surface area contributed by atoms with Gasteiger partial charge in [-0.05, 0) is 18.9 Å². The van der Waals surface area contributed by atoms with Crippen LogP contribution in [0, 0.1) is 6.92 Å². The molecule has 25 heavy (non-hydrogen) atoms. The number of carbonyl (C=O) groups is 1. The molecule has 6 nitrogen and oxygen atoms in total. The Morgan fingerprint density at radius 1 is 1.20 bits per heavy atom. The summed E-state index contributed by atoms with van der Waals surface area (Å²) in [5, 5.41) is 2.96. The first-order valence-corrected chi connectivity index (χ1v) is 8.32. The van der Waals surface area contributed by atoms with Crippen molar-refractivity contribution in [2.24, 2.45) is 0 Å². The van der Waals surface area contributed by atoms with E-state index in [4.69, 9.17) is 0 Å². The summed E-state index contributed by atoms with van der Waals surface area (Å²) in [5.41, 5.74) is 3.13. The molecule has 0 saturated heterocycles. The lowest BCUT2D eigenvalue weighted by molar-refractivity contribution is -0.121. The number of carbonyl (C=O) groups excluding carboxylic acids is 1. The van der Waals surface area contributed by atoms with Gasteiger partial charge in [-0.1, -0.05) is 29.8 Å². The Morgan fingerprint density at radius 3 is 2.92 bits per heavy atom. The third-order valence-corrected chi connectivity index (χ3v) is 3.91. The van der Waals surface area contributed by atoms with Crippen molar-refractivity contribution in [1.29, 1.82) is 0 Å². The minimum absolute atomic E-state index is 0.0580. The van der Waals surface area contributed by atoms with Crippen LogP contribution in [0.25, 0.3) is 11.5 Å². The fourth-order valence-electron chi connectivity index (χ4n) is 2.67. The molecule has 0 aliphatic rings. The molecule has 0 unspecified atom stereocenters. The van der Waals surface area contributed by atoms with Gasteiger partial charge in [-0.15, -0.1) is 0 Å². The average Bonchev–Trinajstić information content (AvgIpc) is 3.09. The largest absolute Gasteiger partial charge is 0.354 e. The third kappa shape index (κ3) is 4.73. The molecule has 0 spiro atoms. The maximum atomic E-state index is 12.0. The number of benzene rings is 1. The van der Waals surface area contributed by atoms with Gasteiger partial charge in [-0.2, -0.15) is 0 Å². The van der Waals surface area contributed by atoms with Crippen LogP contribution in [0.3, 0.4) is 0 Å². The lowest BCUT2D eigenvalue weighted by Gasteiger charge is -2.09. The molecule has 2 heterocycles. The van der Waals surface area contributed by atoms with Crippen LogP contribution in [0.1, 0.15) is 17.5 Å². The Hall–Kier alpha value is -3.02. The van der Waals surface area contributed by atoms with Crippen molar-refractivity contribution < 1.29 is 4.79 Å². The Bertz CT molecular complexity index is 829. The van der Waals surface area contributed by atoms with E-state index in [2.05, 4.69) is 45.4 Å². The molecular formula is C19H21N5O. The second-order valence-corrected chi connectivity index (χ2v) is 5.87. The molecule has 0 aliphatic heterocycles. The highest BCUT2D eigenvalue weighted by Gasteiger charge is 2.08. The molecule has 3 aromatic rings. The number of rotatable bonds is 7. The summed E-state index contributed by atoms with van der Waals surface area (Å²) in [6.45, 7) is 3.25. The summed E-state index contributed by atoms with van der Waals surface area (Å²) in [7, 11) is 0. The van der Waals surface area contributed by atoms with Gasteiger partial charge in [0.2, 0.25) is 5.91 Å². The molecule has 0 saturated carbocycles. The number of hydrogen-bond acceptors (Lipinski definition) is 4. The first-order chi connectivity index (χ1) is 12.2. The molecule has 6 heteroatoms. The second-order valence-electron chi connectivity index (χ2n) is 5.87. The molecule has 0 radical (unpaired) electrons. The second kappa shape index (κ2) is 8.19. The Morgan fingerprint density at radius 2 is 2.12 bits per heavy atom. The molecule has 1 N–H and O–H groups in total. The first kappa shape index (κ1) is 16.8. The first-order valence-electron chi connectivity index (χ1n) is 8.32. The van der Waals surface area contributed by atoms with Crippen LogP contribution in [0.5, 0.6) is 0 Å². The highest BCUT2D eigenvalue weighted by Crippen LogP contribution is 2.12. The van der Waals surface area contributed by atoms with E-state index in [1.165, 1.54) is 11.1 Å². The highest BCUT2D eigenvalue weighted by atomic mass is 16.1. The fourth-order valence-corrected chi connectivity index (χ4v) is 2.67. The van der Waals surface area contributed by atoms with Crippen LogP contribution in [-0.2, 0) is 17.8 Å². The normalized spacial score (nSPS) is 10.6. The molecule has 1 aromatic carbocycles. The van der Waals surface area contributed by atoms with Crippen LogP contribution in [0.2, 0.25) is 0 Å². The molecule has 0 fully saturated rings. The quantitative estimate of drug-likeness (QED) is 0.719. The van der Waals surface area contributed by atoms with Crippen LogP contribution < -0.4 is 5.32 Å². The smallest absolute Gasteiger partial charge is 0.220 e. The number of aromatic nitrogens is 4. The maximum absolute atomic E-state index is 12.0. The summed E-state index contributed by atoms with van der Waals surface area (Å²) in [6, 6.07) is 8.25. The topological polar surface area (TPSA) is 72.7 Å². The van der Waals surface area contributed by atoms with Crippen molar-refractivity contribution in [2.75, 3.05) is 6.54 Å². The number of nitrogens with zero attached hydrogens (tertiary/aromatic N) is 4. The van der Waals surface area contributed by atoms with Crippen LogP contribution in [0.15, 0.2) is 55.2 Å². The van der Waals surface area contributed by atoms with Gasteiger partial charge in [0, 0.05) is 44.3 Å². The maximum Gasteiger partial charge on any atom is 0.220 e. The lowest BCUT2D eigenvalue weighted by Crippen LogP contribution is -2.27. The van der Waals surface area contributed by atoms with Gasteiger partial charge in [0.05, 0.1) is 6.20 Å². The zero-order valence-electron chi connectivity index (χ0n) is 14.2. The molecule has 0 atom stereocenters. The van der Waals surface area contributed by atoms with Crippen molar-refractivity contribution in [3.05, 3.63) is 66.4 Å². The van der Waals surface area contributed by atoms with Crippen molar-refractivity contribution >= 4 is 5.91 Å². The number of amides is 1. The summed E-state index contributed by atoms with van der Waals surface area (Å²) < 4.78 is 1.96. The molecule has 128 valence electrons. The third-order valence-electron chi connectivity index (χ3n) is 3.91. The Labute approximate surface area is 147 Å². The Balaban J connectivity index is 1.47. The van der Waals surface area contributed by atoms with E-state index in [9.17, 15) is 4.79 Å². The number of nitrogens with one attached hydrogen (secondary N) is 1. The van der Waals surface area contributed by atoms with E-state index in [0.29, 0.717) is 19.5 Å². The van der Waals surface area contributed by atoms with Crippen molar-refractivity contribution in [2.45, 2.75) is 26.3 Å². The van der Waals surface area contributed by atoms with Crippen molar-refractivity contribution in [3.63, 3.8) is 0 Å². The van der Waals surface area contributed by atoms with Crippen LogP contribution in [-0.4, -0.2) is 32.0 Å². The van der Waals surface area contributed by atoms with E-state index in [-0.39, 0.29) is 5.91 Å². The van der Waals surface area contributed by atoms with Gasteiger partial charge in [-0.25, -0.2) is 9.97 Å². The molecule has 1 amide bonds. The van der Waals surface area contributed by atoms with E-state index in [1.54, 1.807) is 24.8 Å². The van der Waals surface area contributed by atoms with E-state index < -0.39 is 0 Å². The SMILES string of the molecule is Cc1cccc(CCC(=O)NCCn2ccnc2-c2cnccn2)c1. The molecule has 2 aromatic heterocycles. The lowest BCUT2D eigenvalue weighted by atomic mass is 10.1. The average molecular weight is 335 g/mol. The number of imidazole rings is 1. The van der Waals surface area contributed by atoms with Gasteiger partial charge in [-0.3, -0.25) is 9.78 Å². The highest BCUT2D eigenvalue weighted by molar-refractivity contribution is 5.76. The monoisotopic (exact) mass is 335 g/mol. The molecule has 0 bridgehead atoms. The van der Waals surface area contributed by atoms with Crippen molar-refractivity contribution in [3.8, 4) is 11.5 Å². The minimum atomic E-state index is 0.0580. The minimum Gasteiger partial charge on any atom is -0.354 e. The van der Waals surface area contributed by atoms with E-state index >= 15 is 0 Å². The zero-order valence-corrected chi connectivity index (χ0v) is 14.2. The number of aryl methyl sites for hydroxylation is 2. The van der Waals surface area contributed by atoms with E-state index in [0.717, 1.165) is 17.9 Å². The molecule has 3 rings (SSSR count). The van der Waals surface area contributed by atoms with Gasteiger partial charge >= 0.3 is 0 Å². The van der Waals surface area contributed by atoms with Crippen LogP contribution in [0.4, 0.5) is 0 Å². The predicted octanol–water partition coefficient (Wildman–Crippen LogP) is 2.40. The summed E-state index contributed by atoms with van der Waals surface area (Å²) in [4.78, 5) is 24.7. The summed E-state index contributed by atoms with van der Waals surface area (Å²) in [5.74, 6) is 0.810. The standard InChI is InChI=1S/C19H21N5O/c1-15-3-2-4-16(13-15)5-6-18(25)22-9-11-24-12-10-23-19(24)17-14-20-7-8-21-17/h2-4,7-8,10,12-14H,5-6,9,11H2,1H3,(H,22,25). The van der Waals surface area contributed by atoms with E-state index in [1.807, 2.05) is 16.8 Å². The predicted molar refractivity (Wildman–Crippen MR) is 95.8 cm³/mol. The van der Waals surface area contributed by atoms with Gasteiger partial charge in [0.15, 0.2) is 5.82 Å². The molecule has 0 aliphatic carbocycles. The van der Waals surface area contributed by atoms with Gasteiger partial charge in [0.25, 0.3) is 0 Å². The van der Waals surface area contributed by atoms with Crippen molar-refractivity contribution in [1.82, 2.24) is 24.8 Å². The van der Waals surface area contributed by atoms with Gasteiger partial charge in [0.1, 0.15) is 5.69 Å². The zero-order chi connectivity index (χ0) is 17.5. The van der Waals surface area contributed by atoms with Crippen LogP contribution >= 0.6 is 0 Å². The Kier molecular flexibility index (Phi) is 5.51. The summed E-state index contributed by atoms with van der Waals surface area (Å²) in [6.07, 6.45) is 9.80.